The summed E-state index contributed by atoms with van der Waals surface area (Å²) < 4.78 is 47.7. The molecule has 2 unspecified atom stereocenters. The molecule has 5 nitrogen and oxygen atoms in total. The first-order valence-corrected chi connectivity index (χ1v) is 10.7. The fourth-order valence-electron chi connectivity index (χ4n) is 3.58. The number of methoxy groups -OCH3 is 1. The van der Waals surface area contributed by atoms with E-state index in [-0.39, 0.29) is 16.8 Å². The molecule has 0 bridgehead atoms. The average molecular weight is 459 g/mol. The zero-order chi connectivity index (χ0) is 23.4. The molecule has 2 atom stereocenters. The zero-order valence-electron chi connectivity index (χ0n) is 17.6. The number of para-hydroxylation sites is 2. The van der Waals surface area contributed by atoms with Gasteiger partial charge in [0.05, 0.1) is 23.9 Å². The number of nitrogens with one attached hydrogen (secondary N) is 1. The number of allylic oxidation sites excluding steroid dienone is 1. The topological polar surface area (TPSA) is 74.5 Å². The molecule has 1 heterocycles. The lowest BCUT2D eigenvalue weighted by Gasteiger charge is -2.30. The van der Waals surface area contributed by atoms with Gasteiger partial charge in [0.2, 0.25) is 0 Å². The van der Waals surface area contributed by atoms with Gasteiger partial charge >= 0.3 is 0 Å². The molecule has 0 aromatic heterocycles. The molecular weight excluding hydrogens is 439 g/mol. The van der Waals surface area contributed by atoms with Crippen LogP contribution < -0.4 is 10.1 Å². The van der Waals surface area contributed by atoms with Crippen LogP contribution in [0.3, 0.4) is 0 Å². The van der Waals surface area contributed by atoms with Crippen molar-refractivity contribution in [3.8, 4) is 11.8 Å². The van der Waals surface area contributed by atoms with Crippen LogP contribution in [0.1, 0.15) is 25.3 Å². The lowest BCUT2D eigenvalue weighted by molar-refractivity contribution is -0.113. The third kappa shape index (κ3) is 4.50. The summed E-state index contributed by atoms with van der Waals surface area (Å²) in [6.07, 6.45) is 0. The number of hydrogen-bond acceptors (Lipinski definition) is 5. The number of nitriles is 1. The molecule has 0 radical (unpaired) electrons. The van der Waals surface area contributed by atoms with Crippen LogP contribution in [0, 0.1) is 34.7 Å². The first-order chi connectivity index (χ1) is 15.3. The number of aliphatic imine (C=N–C) groups is 1. The molecule has 1 N–H and O–H groups in total. The average Bonchev–Trinajstić information content (AvgIpc) is 2.76. The Balaban J connectivity index is 2.17. The highest BCUT2D eigenvalue weighted by Gasteiger charge is 2.40. The van der Waals surface area contributed by atoms with E-state index in [4.69, 9.17) is 4.74 Å². The number of carbonyl (C=O) groups excluding carboxylic acids is 1. The number of hydrogen-bond donors (Lipinski definition) is 1. The minimum absolute atomic E-state index is 0.00665. The van der Waals surface area contributed by atoms with E-state index in [1.807, 2.05) is 6.92 Å². The molecule has 1 aliphatic rings. The van der Waals surface area contributed by atoms with Gasteiger partial charge < -0.3 is 10.1 Å². The summed E-state index contributed by atoms with van der Waals surface area (Å²) in [5.74, 6) is -5.58. The van der Waals surface area contributed by atoms with Crippen molar-refractivity contribution in [2.45, 2.75) is 19.8 Å². The highest BCUT2D eigenvalue weighted by Crippen LogP contribution is 2.43. The van der Waals surface area contributed by atoms with E-state index in [0.717, 1.165) is 0 Å². The second-order valence-corrected chi connectivity index (χ2v) is 8.19. The molecule has 0 aliphatic carbocycles. The van der Waals surface area contributed by atoms with Crippen molar-refractivity contribution in [2.75, 3.05) is 18.2 Å². The summed E-state index contributed by atoms with van der Waals surface area (Å²) in [6, 6.07) is 9.87. The highest BCUT2D eigenvalue weighted by molar-refractivity contribution is 8.14. The molecule has 3 rings (SSSR count). The van der Waals surface area contributed by atoms with E-state index < -0.39 is 35.2 Å². The second-order valence-electron chi connectivity index (χ2n) is 6.91. The number of halogens is 3. The van der Waals surface area contributed by atoms with Gasteiger partial charge in [-0.3, -0.25) is 4.79 Å². The van der Waals surface area contributed by atoms with Crippen LogP contribution in [0.25, 0.3) is 0 Å². The molecule has 0 fully saturated rings. The summed E-state index contributed by atoms with van der Waals surface area (Å²) in [7, 11) is 1.44. The number of benzene rings is 2. The van der Waals surface area contributed by atoms with Crippen molar-refractivity contribution in [1.82, 2.24) is 0 Å². The van der Waals surface area contributed by atoms with Gasteiger partial charge in [-0.2, -0.15) is 5.26 Å². The summed E-state index contributed by atoms with van der Waals surface area (Å²) in [5, 5.41) is 13.0. The molecule has 32 heavy (non-hydrogen) atoms. The number of anilines is 1. The van der Waals surface area contributed by atoms with E-state index in [9.17, 15) is 23.2 Å². The predicted octanol–water partition coefficient (Wildman–Crippen LogP) is 5.41. The Morgan fingerprint density at radius 1 is 1.22 bits per heavy atom. The summed E-state index contributed by atoms with van der Waals surface area (Å²) >= 11 is 1.28. The van der Waals surface area contributed by atoms with E-state index in [1.54, 1.807) is 31.2 Å². The molecule has 1 aliphatic heterocycles. The number of rotatable bonds is 5. The Morgan fingerprint density at radius 3 is 2.56 bits per heavy atom. The van der Waals surface area contributed by atoms with E-state index in [1.165, 1.54) is 18.9 Å². The lowest BCUT2D eigenvalue weighted by Crippen LogP contribution is -2.32. The van der Waals surface area contributed by atoms with Gasteiger partial charge in [0, 0.05) is 28.8 Å². The van der Waals surface area contributed by atoms with E-state index in [0.29, 0.717) is 34.4 Å². The summed E-state index contributed by atoms with van der Waals surface area (Å²) in [4.78, 5) is 17.7. The molecule has 166 valence electrons. The van der Waals surface area contributed by atoms with Crippen LogP contribution in [0.5, 0.6) is 5.75 Å². The molecule has 0 saturated carbocycles. The number of carbonyl (C=O) groups is 1. The number of ether oxygens (including phenoxy) is 1. The van der Waals surface area contributed by atoms with E-state index in [2.05, 4.69) is 16.4 Å². The minimum Gasteiger partial charge on any atom is -0.495 e. The molecule has 0 saturated heterocycles. The Kier molecular flexibility index (Phi) is 7.26. The number of nitrogens with zero attached hydrogens (tertiary/aromatic N) is 2. The number of amides is 1. The van der Waals surface area contributed by atoms with Crippen molar-refractivity contribution < 1.29 is 22.7 Å². The smallest absolute Gasteiger partial charge is 0.254 e. The van der Waals surface area contributed by atoms with Crippen molar-refractivity contribution in [3.63, 3.8) is 0 Å². The van der Waals surface area contributed by atoms with Gasteiger partial charge in [0.15, 0.2) is 11.6 Å². The predicted molar refractivity (Wildman–Crippen MR) is 118 cm³/mol. The van der Waals surface area contributed by atoms with E-state index >= 15 is 0 Å². The van der Waals surface area contributed by atoms with Crippen LogP contribution in [-0.4, -0.2) is 23.8 Å². The second kappa shape index (κ2) is 9.92. The highest BCUT2D eigenvalue weighted by atomic mass is 32.2. The third-order valence-electron chi connectivity index (χ3n) is 4.98. The SMILES string of the molecule is CCSC1=NC(C)=C(C(=O)Nc2ccccc2OC)C(c2cc(F)c(F)cc2F)C1C#N. The first-order valence-electron chi connectivity index (χ1n) is 9.72. The molecular formula is C23H20F3N3O2S. The molecule has 0 spiro atoms. The van der Waals surface area contributed by atoms with Crippen molar-refractivity contribution in [3.05, 3.63) is 70.7 Å². The summed E-state index contributed by atoms with van der Waals surface area (Å²) in [6.45, 7) is 3.42. The largest absolute Gasteiger partial charge is 0.495 e. The zero-order valence-corrected chi connectivity index (χ0v) is 18.4. The Morgan fingerprint density at radius 2 is 1.91 bits per heavy atom. The van der Waals surface area contributed by atoms with Gasteiger partial charge in [0.1, 0.15) is 17.5 Å². The maximum atomic E-state index is 14.8. The Bertz CT molecular complexity index is 1160. The Labute approximate surface area is 188 Å². The van der Waals surface area contributed by atoms with Crippen LogP contribution in [0.15, 0.2) is 52.7 Å². The summed E-state index contributed by atoms with van der Waals surface area (Å²) in [5.41, 5.74) is 0.321. The Hall–Kier alpha value is -3.25. The van der Waals surface area contributed by atoms with Crippen LogP contribution in [0.4, 0.5) is 18.9 Å². The van der Waals surface area contributed by atoms with Crippen molar-refractivity contribution >= 4 is 28.4 Å². The standard InChI is InChI=1S/C23H20F3N3O2S/c1-4-32-23-14(11-27)21(13-9-16(25)17(26)10-15(13)24)20(12(2)28-23)22(30)29-18-7-5-6-8-19(18)31-3/h5-10,14,21H,4H2,1-3H3,(H,29,30). The maximum absolute atomic E-state index is 14.8. The molecule has 2 aromatic rings. The first kappa shape index (κ1) is 23.4. The maximum Gasteiger partial charge on any atom is 0.254 e. The molecule has 2 aromatic carbocycles. The van der Waals surface area contributed by atoms with Crippen molar-refractivity contribution in [1.29, 1.82) is 5.26 Å². The van der Waals surface area contributed by atoms with Gasteiger partial charge in [-0.1, -0.05) is 19.1 Å². The van der Waals surface area contributed by atoms with Crippen LogP contribution in [-0.2, 0) is 4.79 Å². The van der Waals surface area contributed by atoms with Gasteiger partial charge in [-0.25, -0.2) is 18.2 Å². The van der Waals surface area contributed by atoms with Crippen LogP contribution >= 0.6 is 11.8 Å². The third-order valence-corrected chi connectivity index (χ3v) is 5.91. The minimum atomic E-state index is -1.35. The van der Waals surface area contributed by atoms with Crippen LogP contribution in [0.2, 0.25) is 0 Å². The normalized spacial score (nSPS) is 18.1. The molecule has 1 amide bonds. The van der Waals surface area contributed by atoms with Gasteiger partial charge in [-0.05, 0) is 30.9 Å². The number of thioether (sulfide) groups is 1. The fourth-order valence-corrected chi connectivity index (χ4v) is 4.45. The van der Waals surface area contributed by atoms with Gasteiger partial charge in [0.25, 0.3) is 5.91 Å². The fraction of sp³-hybridized carbons (Fsp3) is 0.261. The monoisotopic (exact) mass is 459 g/mol. The van der Waals surface area contributed by atoms with Gasteiger partial charge in [-0.15, -0.1) is 11.8 Å². The lowest BCUT2D eigenvalue weighted by atomic mass is 9.78. The quantitative estimate of drug-likeness (QED) is 0.607. The van der Waals surface area contributed by atoms with Crippen molar-refractivity contribution in [2.24, 2.45) is 10.9 Å². The molecule has 9 heteroatoms.